The number of aryl methyl sites for hydroxylation is 1. The van der Waals surface area contributed by atoms with E-state index in [-0.39, 0.29) is 23.6 Å². The first-order chi connectivity index (χ1) is 13.5. The Morgan fingerprint density at radius 2 is 1.75 bits per heavy atom. The fourth-order valence-corrected chi connectivity index (χ4v) is 4.38. The van der Waals surface area contributed by atoms with Gasteiger partial charge in [0.15, 0.2) is 0 Å². The lowest BCUT2D eigenvalue weighted by molar-refractivity contribution is -0.113. The molecule has 5 heteroatoms. The molecular weight excluding hydrogens is 368 g/mol. The molecule has 2 N–H and O–H groups in total. The smallest absolute Gasteiger partial charge is 0.252 e. The Hall–Kier alpha value is -2.27. The van der Waals surface area contributed by atoms with Crippen molar-refractivity contribution >= 4 is 29.3 Å². The van der Waals surface area contributed by atoms with Gasteiger partial charge < -0.3 is 10.6 Å². The molecule has 28 heavy (non-hydrogen) atoms. The molecule has 1 saturated carbocycles. The highest BCUT2D eigenvalue weighted by Crippen LogP contribution is 2.26. The maximum Gasteiger partial charge on any atom is 0.252 e. The summed E-state index contributed by atoms with van der Waals surface area (Å²) in [6.45, 7) is 4.22. The average Bonchev–Trinajstić information content (AvgIpc) is 2.70. The van der Waals surface area contributed by atoms with Gasteiger partial charge in [-0.2, -0.15) is 0 Å². The number of carbonyl (C=O) groups is 2. The Bertz CT molecular complexity index is 820. The molecule has 3 rings (SSSR count). The minimum atomic E-state index is -0.0787. The van der Waals surface area contributed by atoms with Crippen molar-refractivity contribution in [3.63, 3.8) is 0 Å². The Morgan fingerprint density at radius 3 is 2.50 bits per heavy atom. The van der Waals surface area contributed by atoms with E-state index in [4.69, 9.17) is 0 Å². The molecule has 0 bridgehead atoms. The van der Waals surface area contributed by atoms with Crippen molar-refractivity contribution in [2.45, 2.75) is 50.5 Å². The Balaban J connectivity index is 1.59. The van der Waals surface area contributed by atoms with Gasteiger partial charge in [0.25, 0.3) is 5.91 Å². The van der Waals surface area contributed by atoms with E-state index in [1.807, 2.05) is 55.5 Å². The Kier molecular flexibility index (Phi) is 7.15. The molecule has 0 spiro atoms. The van der Waals surface area contributed by atoms with Gasteiger partial charge in [0, 0.05) is 16.6 Å². The third-order valence-electron chi connectivity index (χ3n) is 5.25. The lowest BCUT2D eigenvalue weighted by Crippen LogP contribution is -2.41. The highest BCUT2D eigenvalue weighted by Gasteiger charge is 2.24. The van der Waals surface area contributed by atoms with E-state index in [0.29, 0.717) is 11.5 Å². The molecule has 2 amide bonds. The van der Waals surface area contributed by atoms with Gasteiger partial charge in [-0.1, -0.05) is 49.6 Å². The van der Waals surface area contributed by atoms with Crippen LogP contribution in [0.25, 0.3) is 0 Å². The molecule has 2 aromatic carbocycles. The van der Waals surface area contributed by atoms with Gasteiger partial charge in [0.2, 0.25) is 5.91 Å². The third-order valence-corrected chi connectivity index (χ3v) is 6.33. The minimum absolute atomic E-state index is 0.0409. The van der Waals surface area contributed by atoms with Gasteiger partial charge in [-0.05, 0) is 49.9 Å². The van der Waals surface area contributed by atoms with E-state index in [2.05, 4.69) is 17.6 Å². The van der Waals surface area contributed by atoms with Gasteiger partial charge in [-0.3, -0.25) is 9.59 Å². The van der Waals surface area contributed by atoms with Crippen molar-refractivity contribution in [3.05, 3.63) is 59.7 Å². The summed E-state index contributed by atoms with van der Waals surface area (Å²) in [6, 6.07) is 15.5. The zero-order valence-corrected chi connectivity index (χ0v) is 17.4. The molecule has 1 fully saturated rings. The monoisotopic (exact) mass is 396 g/mol. The van der Waals surface area contributed by atoms with Gasteiger partial charge in [-0.15, -0.1) is 11.8 Å². The highest BCUT2D eigenvalue weighted by atomic mass is 32.2. The Morgan fingerprint density at radius 1 is 1.04 bits per heavy atom. The lowest BCUT2D eigenvalue weighted by Gasteiger charge is -2.29. The SMILES string of the molecule is Cc1ccc(NC(=O)CSc2ccccc2C(=O)NC2CCCCC2C)cc1. The number of hydrogen-bond donors (Lipinski definition) is 2. The molecule has 1 aliphatic carbocycles. The van der Waals surface area contributed by atoms with E-state index in [1.54, 1.807) is 0 Å². The summed E-state index contributed by atoms with van der Waals surface area (Å²) in [6.07, 6.45) is 4.63. The van der Waals surface area contributed by atoms with Gasteiger partial charge in [0.05, 0.1) is 11.3 Å². The zero-order valence-electron chi connectivity index (χ0n) is 16.5. The van der Waals surface area contributed by atoms with Gasteiger partial charge in [0.1, 0.15) is 0 Å². The van der Waals surface area contributed by atoms with E-state index < -0.39 is 0 Å². The molecule has 0 aliphatic heterocycles. The maximum atomic E-state index is 12.8. The molecule has 1 aliphatic rings. The van der Waals surface area contributed by atoms with Crippen LogP contribution in [0.3, 0.4) is 0 Å². The molecule has 148 valence electrons. The van der Waals surface area contributed by atoms with Crippen molar-refractivity contribution in [1.29, 1.82) is 0 Å². The number of amides is 2. The first-order valence-corrected chi connectivity index (χ1v) is 10.9. The molecule has 0 saturated heterocycles. The largest absolute Gasteiger partial charge is 0.349 e. The highest BCUT2D eigenvalue weighted by molar-refractivity contribution is 8.00. The standard InChI is InChI=1S/C23H28N2O2S/c1-16-11-13-18(14-12-16)24-22(26)15-28-21-10-6-4-8-19(21)23(27)25-20-9-5-3-7-17(20)2/h4,6,8,10-14,17,20H,3,5,7,9,15H2,1-2H3,(H,24,26)(H,25,27). The van der Waals surface area contributed by atoms with Crippen LogP contribution in [0.2, 0.25) is 0 Å². The maximum absolute atomic E-state index is 12.8. The van der Waals surface area contributed by atoms with Gasteiger partial charge in [-0.25, -0.2) is 0 Å². The van der Waals surface area contributed by atoms with Crippen LogP contribution in [0.4, 0.5) is 5.69 Å². The van der Waals surface area contributed by atoms with Crippen molar-refractivity contribution in [3.8, 4) is 0 Å². The summed E-state index contributed by atoms with van der Waals surface area (Å²) in [5.74, 6) is 0.654. The average molecular weight is 397 g/mol. The van der Waals surface area contributed by atoms with Crippen molar-refractivity contribution in [2.75, 3.05) is 11.1 Å². The Labute approximate surface area is 171 Å². The van der Waals surface area contributed by atoms with E-state index >= 15 is 0 Å². The van der Waals surface area contributed by atoms with Crippen LogP contribution in [0.1, 0.15) is 48.5 Å². The number of benzene rings is 2. The molecule has 2 aromatic rings. The van der Waals surface area contributed by atoms with Crippen LogP contribution in [0.15, 0.2) is 53.4 Å². The molecule has 0 radical (unpaired) electrons. The number of carbonyl (C=O) groups excluding carboxylic acids is 2. The normalized spacial score (nSPS) is 19.1. The van der Waals surface area contributed by atoms with Crippen LogP contribution in [0.5, 0.6) is 0 Å². The van der Waals surface area contributed by atoms with E-state index in [0.717, 1.165) is 22.6 Å². The third kappa shape index (κ3) is 5.61. The summed E-state index contributed by atoms with van der Waals surface area (Å²) in [7, 11) is 0. The zero-order chi connectivity index (χ0) is 19.9. The predicted molar refractivity (Wildman–Crippen MR) is 116 cm³/mol. The van der Waals surface area contributed by atoms with E-state index in [9.17, 15) is 9.59 Å². The van der Waals surface area contributed by atoms with Crippen LogP contribution < -0.4 is 10.6 Å². The second kappa shape index (κ2) is 9.78. The summed E-state index contributed by atoms with van der Waals surface area (Å²) in [4.78, 5) is 25.9. The second-order valence-electron chi connectivity index (χ2n) is 7.54. The predicted octanol–water partition coefficient (Wildman–Crippen LogP) is 5.03. The number of hydrogen-bond acceptors (Lipinski definition) is 3. The van der Waals surface area contributed by atoms with Gasteiger partial charge >= 0.3 is 0 Å². The summed E-state index contributed by atoms with van der Waals surface area (Å²) < 4.78 is 0. The summed E-state index contributed by atoms with van der Waals surface area (Å²) in [5, 5.41) is 6.10. The topological polar surface area (TPSA) is 58.2 Å². The van der Waals surface area contributed by atoms with Crippen LogP contribution in [-0.2, 0) is 4.79 Å². The number of rotatable bonds is 6. The quantitative estimate of drug-likeness (QED) is 0.673. The number of thioether (sulfide) groups is 1. The lowest BCUT2D eigenvalue weighted by atomic mass is 9.86. The van der Waals surface area contributed by atoms with Crippen LogP contribution >= 0.6 is 11.8 Å². The van der Waals surface area contributed by atoms with E-state index in [1.165, 1.54) is 31.0 Å². The van der Waals surface area contributed by atoms with Crippen LogP contribution in [0, 0.1) is 12.8 Å². The van der Waals surface area contributed by atoms with Crippen LogP contribution in [-0.4, -0.2) is 23.6 Å². The molecule has 4 nitrogen and oxygen atoms in total. The molecule has 0 aromatic heterocycles. The molecule has 2 atom stereocenters. The fourth-order valence-electron chi connectivity index (χ4n) is 3.53. The fraction of sp³-hybridized carbons (Fsp3) is 0.391. The molecular formula is C23H28N2O2S. The number of nitrogens with one attached hydrogen (secondary N) is 2. The summed E-state index contributed by atoms with van der Waals surface area (Å²) in [5.41, 5.74) is 2.58. The minimum Gasteiger partial charge on any atom is -0.349 e. The van der Waals surface area contributed by atoms with Crippen molar-refractivity contribution in [2.24, 2.45) is 5.92 Å². The van der Waals surface area contributed by atoms with Crippen molar-refractivity contribution in [1.82, 2.24) is 5.32 Å². The first-order valence-electron chi connectivity index (χ1n) is 9.92. The summed E-state index contributed by atoms with van der Waals surface area (Å²) >= 11 is 1.40. The number of anilines is 1. The first kappa shape index (κ1) is 20.5. The van der Waals surface area contributed by atoms with Crippen molar-refractivity contribution < 1.29 is 9.59 Å². The molecule has 2 unspecified atom stereocenters. The molecule has 0 heterocycles. The second-order valence-corrected chi connectivity index (χ2v) is 8.56.